The van der Waals surface area contributed by atoms with Gasteiger partial charge in [0, 0.05) is 23.4 Å². The van der Waals surface area contributed by atoms with Crippen molar-refractivity contribution in [2.75, 3.05) is 5.32 Å². The zero-order valence-corrected chi connectivity index (χ0v) is 16.4. The van der Waals surface area contributed by atoms with Crippen molar-refractivity contribution in [3.8, 4) is 0 Å². The summed E-state index contributed by atoms with van der Waals surface area (Å²) in [4.78, 5) is 25.1. The average Bonchev–Trinajstić information content (AvgIpc) is 2.65. The summed E-state index contributed by atoms with van der Waals surface area (Å²) in [6, 6.07) is 20.6. The second kappa shape index (κ2) is 8.53. The molecule has 0 aliphatic rings. The van der Waals surface area contributed by atoms with Crippen LogP contribution in [0.2, 0.25) is 0 Å². The van der Waals surface area contributed by atoms with Gasteiger partial charge < -0.3 is 10.6 Å². The van der Waals surface area contributed by atoms with Gasteiger partial charge in [-0.25, -0.2) is 0 Å². The maximum absolute atomic E-state index is 12.6. The third-order valence-corrected chi connectivity index (χ3v) is 4.40. The van der Waals surface area contributed by atoms with Crippen molar-refractivity contribution in [3.05, 3.63) is 100 Å². The summed E-state index contributed by atoms with van der Waals surface area (Å²) in [5.41, 5.74) is 6.01. The fraction of sp³-hybridized carbons (Fsp3) is 0.167. The molecule has 0 saturated heterocycles. The molecule has 4 heteroatoms. The Morgan fingerprint density at radius 1 is 0.714 bits per heavy atom. The Bertz CT molecular complexity index is 1000. The Morgan fingerprint density at radius 2 is 1.36 bits per heavy atom. The van der Waals surface area contributed by atoms with Gasteiger partial charge in [-0.3, -0.25) is 9.59 Å². The highest BCUT2D eigenvalue weighted by molar-refractivity contribution is 6.06. The van der Waals surface area contributed by atoms with E-state index in [1.54, 1.807) is 24.3 Å². The van der Waals surface area contributed by atoms with E-state index in [9.17, 15) is 9.59 Å². The molecule has 2 N–H and O–H groups in total. The predicted octanol–water partition coefficient (Wildman–Crippen LogP) is 4.79. The normalized spacial score (nSPS) is 10.4. The fourth-order valence-corrected chi connectivity index (χ4v) is 3.16. The molecule has 142 valence electrons. The summed E-state index contributed by atoms with van der Waals surface area (Å²) in [5, 5.41) is 5.80. The van der Waals surface area contributed by atoms with Crippen molar-refractivity contribution in [2.24, 2.45) is 0 Å². The van der Waals surface area contributed by atoms with Gasteiger partial charge in [-0.15, -0.1) is 0 Å². The molecule has 0 fully saturated rings. The van der Waals surface area contributed by atoms with Crippen molar-refractivity contribution < 1.29 is 9.59 Å². The van der Waals surface area contributed by atoms with Crippen LogP contribution in [0, 0.1) is 20.8 Å². The molecule has 0 aliphatic carbocycles. The lowest BCUT2D eigenvalue weighted by molar-refractivity contribution is 0.0951. The molecule has 28 heavy (non-hydrogen) atoms. The summed E-state index contributed by atoms with van der Waals surface area (Å²) in [7, 11) is 0. The fourth-order valence-electron chi connectivity index (χ4n) is 3.16. The van der Waals surface area contributed by atoms with Crippen LogP contribution in [0.3, 0.4) is 0 Å². The van der Waals surface area contributed by atoms with Crippen LogP contribution in [-0.2, 0) is 6.54 Å². The highest BCUT2D eigenvalue weighted by Crippen LogP contribution is 2.15. The standard InChI is InChI=1S/C24H24N2O2/c1-16-6-4-7-19(11-16)15-25-23(27)20-8-5-9-21(14-20)24(28)26-22-12-17(2)10-18(3)13-22/h4-14H,15H2,1-3H3,(H,25,27)(H,26,28). The number of carbonyl (C=O) groups is 2. The first kappa shape index (κ1) is 19.4. The smallest absolute Gasteiger partial charge is 0.255 e. The quantitative estimate of drug-likeness (QED) is 0.676. The second-order valence-electron chi connectivity index (χ2n) is 7.08. The Hall–Kier alpha value is -3.40. The first-order valence-corrected chi connectivity index (χ1v) is 9.24. The summed E-state index contributed by atoms with van der Waals surface area (Å²) in [5.74, 6) is -0.444. The second-order valence-corrected chi connectivity index (χ2v) is 7.08. The molecule has 0 atom stereocenters. The number of benzene rings is 3. The van der Waals surface area contributed by atoms with Gasteiger partial charge in [0.1, 0.15) is 0 Å². The number of hydrogen-bond donors (Lipinski definition) is 2. The third-order valence-electron chi connectivity index (χ3n) is 4.40. The van der Waals surface area contributed by atoms with E-state index in [1.165, 1.54) is 0 Å². The maximum atomic E-state index is 12.6. The van der Waals surface area contributed by atoms with Gasteiger partial charge in [-0.1, -0.05) is 42.0 Å². The Labute approximate surface area is 165 Å². The summed E-state index contributed by atoms with van der Waals surface area (Å²) >= 11 is 0. The van der Waals surface area contributed by atoms with Gasteiger partial charge in [-0.05, 0) is 67.8 Å². The van der Waals surface area contributed by atoms with Crippen molar-refractivity contribution in [1.29, 1.82) is 0 Å². The van der Waals surface area contributed by atoms with E-state index < -0.39 is 0 Å². The largest absolute Gasteiger partial charge is 0.348 e. The first-order valence-electron chi connectivity index (χ1n) is 9.24. The van der Waals surface area contributed by atoms with E-state index in [0.717, 1.165) is 27.9 Å². The number of hydrogen-bond acceptors (Lipinski definition) is 2. The van der Waals surface area contributed by atoms with Crippen LogP contribution >= 0.6 is 0 Å². The minimum absolute atomic E-state index is 0.206. The SMILES string of the molecule is Cc1cccc(CNC(=O)c2cccc(C(=O)Nc3cc(C)cc(C)c3)c2)c1. The minimum Gasteiger partial charge on any atom is -0.348 e. The van der Waals surface area contributed by atoms with E-state index in [-0.39, 0.29) is 11.8 Å². The zero-order chi connectivity index (χ0) is 20.1. The van der Waals surface area contributed by atoms with Gasteiger partial charge in [-0.2, -0.15) is 0 Å². The van der Waals surface area contributed by atoms with Crippen LogP contribution in [-0.4, -0.2) is 11.8 Å². The molecule has 3 aromatic rings. The number of aryl methyl sites for hydroxylation is 3. The molecule has 0 unspecified atom stereocenters. The van der Waals surface area contributed by atoms with Crippen LogP contribution in [0.1, 0.15) is 43.0 Å². The molecule has 0 radical (unpaired) electrons. The number of anilines is 1. The summed E-state index contributed by atoms with van der Waals surface area (Å²) in [6.45, 7) is 6.44. The lowest BCUT2D eigenvalue weighted by Gasteiger charge is -2.10. The van der Waals surface area contributed by atoms with Gasteiger partial charge in [0.2, 0.25) is 0 Å². The average molecular weight is 372 g/mol. The van der Waals surface area contributed by atoms with Crippen molar-refractivity contribution >= 4 is 17.5 Å². The summed E-state index contributed by atoms with van der Waals surface area (Å²) in [6.07, 6.45) is 0. The maximum Gasteiger partial charge on any atom is 0.255 e. The minimum atomic E-state index is -0.238. The molecule has 2 amide bonds. The molecule has 0 spiro atoms. The Balaban J connectivity index is 1.68. The van der Waals surface area contributed by atoms with Gasteiger partial charge >= 0.3 is 0 Å². The van der Waals surface area contributed by atoms with Crippen LogP contribution in [0.5, 0.6) is 0 Å². The van der Waals surface area contributed by atoms with E-state index >= 15 is 0 Å². The van der Waals surface area contributed by atoms with Crippen LogP contribution in [0.4, 0.5) is 5.69 Å². The highest BCUT2D eigenvalue weighted by atomic mass is 16.2. The van der Waals surface area contributed by atoms with Crippen LogP contribution in [0.15, 0.2) is 66.7 Å². The molecule has 0 aliphatic heterocycles. The molecule has 3 aromatic carbocycles. The van der Waals surface area contributed by atoms with Crippen molar-refractivity contribution in [1.82, 2.24) is 5.32 Å². The molecule has 3 rings (SSSR count). The molecule has 4 nitrogen and oxygen atoms in total. The van der Waals surface area contributed by atoms with Crippen LogP contribution in [0.25, 0.3) is 0 Å². The molecule has 0 saturated carbocycles. The number of carbonyl (C=O) groups excluding carboxylic acids is 2. The number of amides is 2. The highest BCUT2D eigenvalue weighted by Gasteiger charge is 2.11. The Morgan fingerprint density at radius 3 is 2.04 bits per heavy atom. The van der Waals surface area contributed by atoms with Gasteiger partial charge in [0.15, 0.2) is 0 Å². The topological polar surface area (TPSA) is 58.2 Å². The van der Waals surface area contributed by atoms with Gasteiger partial charge in [0.05, 0.1) is 0 Å². The van der Waals surface area contributed by atoms with Crippen molar-refractivity contribution in [2.45, 2.75) is 27.3 Å². The molecule has 0 bridgehead atoms. The molecule has 0 aromatic heterocycles. The van der Waals surface area contributed by atoms with E-state index in [1.807, 2.05) is 57.2 Å². The molecule has 0 heterocycles. The zero-order valence-electron chi connectivity index (χ0n) is 16.4. The van der Waals surface area contributed by atoms with Crippen LogP contribution < -0.4 is 10.6 Å². The van der Waals surface area contributed by atoms with E-state index in [4.69, 9.17) is 0 Å². The monoisotopic (exact) mass is 372 g/mol. The lowest BCUT2D eigenvalue weighted by Crippen LogP contribution is -2.23. The van der Waals surface area contributed by atoms with Gasteiger partial charge in [0.25, 0.3) is 11.8 Å². The third kappa shape index (κ3) is 5.07. The van der Waals surface area contributed by atoms with E-state index in [0.29, 0.717) is 17.7 Å². The first-order chi connectivity index (χ1) is 13.4. The number of nitrogens with one attached hydrogen (secondary N) is 2. The van der Waals surface area contributed by atoms with E-state index in [2.05, 4.69) is 16.7 Å². The Kier molecular flexibility index (Phi) is 5.90. The van der Waals surface area contributed by atoms with Crippen molar-refractivity contribution in [3.63, 3.8) is 0 Å². The number of rotatable bonds is 5. The summed E-state index contributed by atoms with van der Waals surface area (Å²) < 4.78 is 0. The molecular formula is C24H24N2O2. The predicted molar refractivity (Wildman–Crippen MR) is 113 cm³/mol. The lowest BCUT2D eigenvalue weighted by atomic mass is 10.1. The molecular weight excluding hydrogens is 348 g/mol.